The lowest BCUT2D eigenvalue weighted by molar-refractivity contribution is -0.115. The molecular formula is C21H22N2O2. The second-order valence-corrected chi connectivity index (χ2v) is 7.27. The third kappa shape index (κ3) is 3.97. The highest BCUT2D eigenvalue weighted by Gasteiger charge is 2.18. The van der Waals surface area contributed by atoms with Gasteiger partial charge in [0.15, 0.2) is 0 Å². The molecule has 0 saturated heterocycles. The highest BCUT2D eigenvalue weighted by atomic mass is 16.1. The Kier molecular flexibility index (Phi) is 4.45. The van der Waals surface area contributed by atoms with Crippen molar-refractivity contribution in [1.82, 2.24) is 4.98 Å². The van der Waals surface area contributed by atoms with Crippen molar-refractivity contribution >= 4 is 22.5 Å². The summed E-state index contributed by atoms with van der Waals surface area (Å²) in [6, 6.07) is 16.9. The summed E-state index contributed by atoms with van der Waals surface area (Å²) in [6.07, 6.45) is 0.317. The number of rotatable bonds is 3. The van der Waals surface area contributed by atoms with E-state index in [1.807, 2.05) is 48.5 Å². The average molecular weight is 334 g/mol. The van der Waals surface area contributed by atoms with Crippen molar-refractivity contribution in [2.75, 3.05) is 5.32 Å². The average Bonchev–Trinajstić information content (AvgIpc) is 2.53. The Labute approximate surface area is 146 Å². The molecule has 0 aliphatic carbocycles. The van der Waals surface area contributed by atoms with E-state index in [1.165, 1.54) is 0 Å². The van der Waals surface area contributed by atoms with E-state index in [4.69, 9.17) is 0 Å². The molecular weight excluding hydrogens is 312 g/mol. The molecule has 4 heteroatoms. The van der Waals surface area contributed by atoms with Gasteiger partial charge in [-0.05, 0) is 28.7 Å². The Balaban J connectivity index is 1.89. The van der Waals surface area contributed by atoms with Crippen molar-refractivity contribution < 1.29 is 4.79 Å². The van der Waals surface area contributed by atoms with Crippen molar-refractivity contribution in [1.29, 1.82) is 0 Å². The lowest BCUT2D eigenvalue weighted by Crippen LogP contribution is -2.18. The number of hydrogen-bond acceptors (Lipinski definition) is 2. The lowest BCUT2D eigenvalue weighted by Gasteiger charge is -2.21. The predicted octanol–water partition coefficient (Wildman–Crippen LogP) is 4.01. The zero-order valence-corrected chi connectivity index (χ0v) is 14.7. The smallest absolute Gasteiger partial charge is 0.248 e. The van der Waals surface area contributed by atoms with Gasteiger partial charge in [-0.15, -0.1) is 0 Å². The Bertz CT molecular complexity index is 967. The third-order valence-corrected chi connectivity index (χ3v) is 4.14. The molecule has 3 rings (SSSR count). The number of H-pyrrole nitrogens is 1. The Morgan fingerprint density at radius 2 is 1.76 bits per heavy atom. The molecule has 1 aromatic heterocycles. The van der Waals surface area contributed by atoms with Crippen LogP contribution in [0.2, 0.25) is 0 Å². The maximum atomic E-state index is 12.2. The van der Waals surface area contributed by atoms with Crippen molar-refractivity contribution in [2.24, 2.45) is 0 Å². The Morgan fingerprint density at radius 3 is 2.44 bits per heavy atom. The highest BCUT2D eigenvalue weighted by molar-refractivity contribution is 5.95. The quantitative estimate of drug-likeness (QED) is 0.760. The molecule has 0 bridgehead atoms. The van der Waals surface area contributed by atoms with Gasteiger partial charge < -0.3 is 10.3 Å². The minimum atomic E-state index is -0.134. The van der Waals surface area contributed by atoms with Crippen LogP contribution in [0.5, 0.6) is 0 Å². The molecule has 0 saturated carbocycles. The van der Waals surface area contributed by atoms with Crippen molar-refractivity contribution in [3.63, 3.8) is 0 Å². The van der Waals surface area contributed by atoms with Crippen LogP contribution in [0.1, 0.15) is 31.9 Å². The summed E-state index contributed by atoms with van der Waals surface area (Å²) in [5, 5.41) is 3.89. The maximum Gasteiger partial charge on any atom is 0.248 e. The number of anilines is 1. The molecule has 2 aromatic carbocycles. The summed E-state index contributed by atoms with van der Waals surface area (Å²) in [7, 11) is 0. The summed E-state index contributed by atoms with van der Waals surface area (Å²) in [5.41, 5.74) is 3.10. The number of benzene rings is 2. The van der Waals surface area contributed by atoms with Crippen molar-refractivity contribution in [2.45, 2.75) is 32.6 Å². The van der Waals surface area contributed by atoms with E-state index in [0.29, 0.717) is 12.1 Å². The van der Waals surface area contributed by atoms with Crippen LogP contribution in [0, 0.1) is 0 Å². The van der Waals surface area contributed by atoms with Crippen LogP contribution in [0.25, 0.3) is 10.9 Å². The molecule has 0 aliphatic rings. The third-order valence-electron chi connectivity index (χ3n) is 4.14. The summed E-state index contributed by atoms with van der Waals surface area (Å²) in [5.74, 6) is -0.0835. The van der Waals surface area contributed by atoms with Crippen LogP contribution in [0.15, 0.2) is 59.4 Å². The lowest BCUT2D eigenvalue weighted by atomic mass is 9.85. The summed E-state index contributed by atoms with van der Waals surface area (Å²) >= 11 is 0. The van der Waals surface area contributed by atoms with Gasteiger partial charge in [-0.2, -0.15) is 0 Å². The van der Waals surface area contributed by atoms with Gasteiger partial charge in [0.05, 0.1) is 11.9 Å². The zero-order chi connectivity index (χ0) is 18.0. The number of hydrogen-bond donors (Lipinski definition) is 2. The molecule has 0 radical (unpaired) electrons. The molecule has 1 amide bonds. The van der Waals surface area contributed by atoms with Crippen LogP contribution in [-0.2, 0) is 16.6 Å². The van der Waals surface area contributed by atoms with E-state index in [1.54, 1.807) is 6.07 Å². The number of aromatic amines is 1. The van der Waals surface area contributed by atoms with Gasteiger partial charge in [0, 0.05) is 17.1 Å². The first kappa shape index (κ1) is 17.0. The molecule has 2 N–H and O–H groups in total. The van der Waals surface area contributed by atoms with Crippen molar-refractivity contribution in [3.05, 3.63) is 76.1 Å². The zero-order valence-electron chi connectivity index (χ0n) is 14.7. The molecule has 0 aliphatic heterocycles. The minimum Gasteiger partial charge on any atom is -0.326 e. The number of amides is 1. The van der Waals surface area contributed by atoms with E-state index in [-0.39, 0.29) is 16.9 Å². The normalized spacial score (nSPS) is 11.5. The van der Waals surface area contributed by atoms with Gasteiger partial charge in [0.1, 0.15) is 0 Å². The number of aromatic nitrogens is 1. The van der Waals surface area contributed by atoms with Crippen LogP contribution < -0.4 is 10.9 Å². The van der Waals surface area contributed by atoms with E-state index < -0.39 is 0 Å². The van der Waals surface area contributed by atoms with Crippen molar-refractivity contribution in [3.8, 4) is 0 Å². The second kappa shape index (κ2) is 6.55. The molecule has 4 nitrogen and oxygen atoms in total. The van der Waals surface area contributed by atoms with Crippen LogP contribution >= 0.6 is 0 Å². The van der Waals surface area contributed by atoms with Gasteiger partial charge in [-0.1, -0.05) is 57.2 Å². The van der Waals surface area contributed by atoms with Gasteiger partial charge >= 0.3 is 0 Å². The molecule has 128 valence electrons. The van der Waals surface area contributed by atoms with Gasteiger partial charge in [0.25, 0.3) is 0 Å². The fraction of sp³-hybridized carbons (Fsp3) is 0.238. The number of carbonyl (C=O) groups is 1. The molecule has 0 atom stereocenters. The fourth-order valence-corrected chi connectivity index (χ4v) is 2.94. The van der Waals surface area contributed by atoms with Gasteiger partial charge in [-0.3, -0.25) is 9.59 Å². The number of nitrogens with one attached hydrogen (secondary N) is 2. The first-order valence-corrected chi connectivity index (χ1v) is 8.34. The summed E-state index contributed by atoms with van der Waals surface area (Å²) < 4.78 is 0. The fourth-order valence-electron chi connectivity index (χ4n) is 2.94. The predicted molar refractivity (Wildman–Crippen MR) is 102 cm³/mol. The SMILES string of the molecule is CC(C)(C)c1cc(=O)[nH]c2cc(NC(=O)Cc3ccccc3)ccc12. The Morgan fingerprint density at radius 1 is 1.04 bits per heavy atom. The minimum absolute atomic E-state index is 0.0835. The van der Waals surface area contributed by atoms with Crippen LogP contribution in [0.4, 0.5) is 5.69 Å². The standard InChI is InChI=1S/C21H22N2O2/c1-21(2,3)17-13-20(25)23-18-12-15(9-10-16(17)18)22-19(24)11-14-7-5-4-6-8-14/h4-10,12-13H,11H2,1-3H3,(H,22,24)(H,23,25). The monoisotopic (exact) mass is 334 g/mol. The molecule has 0 unspecified atom stereocenters. The first-order valence-electron chi connectivity index (χ1n) is 8.34. The second-order valence-electron chi connectivity index (χ2n) is 7.27. The van der Waals surface area contributed by atoms with Gasteiger partial charge in [0.2, 0.25) is 11.5 Å². The molecule has 1 heterocycles. The number of pyridine rings is 1. The molecule has 0 spiro atoms. The largest absolute Gasteiger partial charge is 0.326 e. The Hall–Kier alpha value is -2.88. The molecule has 25 heavy (non-hydrogen) atoms. The van der Waals surface area contributed by atoms with Crippen LogP contribution in [0.3, 0.4) is 0 Å². The topological polar surface area (TPSA) is 62.0 Å². The number of fused-ring (bicyclic) bond motifs is 1. The van der Waals surface area contributed by atoms with E-state index in [2.05, 4.69) is 31.1 Å². The van der Waals surface area contributed by atoms with E-state index in [9.17, 15) is 9.59 Å². The van der Waals surface area contributed by atoms with Gasteiger partial charge in [-0.25, -0.2) is 0 Å². The maximum absolute atomic E-state index is 12.2. The summed E-state index contributed by atoms with van der Waals surface area (Å²) in [6.45, 7) is 6.24. The molecule has 3 aromatic rings. The van der Waals surface area contributed by atoms with E-state index in [0.717, 1.165) is 22.0 Å². The van der Waals surface area contributed by atoms with E-state index >= 15 is 0 Å². The first-order chi connectivity index (χ1) is 11.8. The number of carbonyl (C=O) groups excluding carboxylic acids is 1. The molecule has 0 fully saturated rings. The highest BCUT2D eigenvalue weighted by Crippen LogP contribution is 2.29. The summed E-state index contributed by atoms with van der Waals surface area (Å²) in [4.78, 5) is 27.1. The van der Waals surface area contributed by atoms with Crippen LogP contribution in [-0.4, -0.2) is 10.9 Å².